The number of carbonyl (C=O) groups is 1. The Bertz CT molecular complexity index is 352. The minimum absolute atomic E-state index is 0.0536. The van der Waals surface area contributed by atoms with Gasteiger partial charge in [0.1, 0.15) is 5.88 Å². The van der Waals surface area contributed by atoms with Crippen LogP contribution in [0.15, 0.2) is 30.3 Å². The number of hydrogen-bond acceptors (Lipinski definition) is 1. The molecular weight excluding hydrogens is 222 g/mol. The highest BCUT2D eigenvalue weighted by molar-refractivity contribution is 6.27. The van der Waals surface area contributed by atoms with Crippen molar-refractivity contribution in [2.24, 2.45) is 0 Å². The van der Waals surface area contributed by atoms with Crippen LogP contribution in [-0.4, -0.2) is 17.8 Å². The molecule has 0 spiro atoms. The van der Waals surface area contributed by atoms with E-state index >= 15 is 0 Å². The van der Waals surface area contributed by atoms with Crippen LogP contribution < -0.4 is 5.32 Å². The Hall–Kier alpha value is -1.02. The highest BCUT2D eigenvalue weighted by Gasteiger charge is 2.29. The van der Waals surface area contributed by atoms with E-state index in [1.54, 1.807) is 0 Å². The second-order valence-corrected chi connectivity index (χ2v) is 4.52. The number of halogens is 1. The van der Waals surface area contributed by atoms with E-state index in [9.17, 15) is 4.79 Å². The van der Waals surface area contributed by atoms with Crippen LogP contribution in [-0.2, 0) is 4.79 Å². The maximum Gasteiger partial charge on any atom is 0.235 e. The van der Waals surface area contributed by atoms with Crippen LogP contribution in [0.4, 0.5) is 0 Å². The van der Waals surface area contributed by atoms with E-state index in [4.69, 9.17) is 11.6 Å². The minimum Gasteiger partial charge on any atom is -0.352 e. The molecule has 1 N–H and O–H groups in total. The van der Waals surface area contributed by atoms with Gasteiger partial charge in [0.05, 0.1) is 0 Å². The maximum absolute atomic E-state index is 11.3. The summed E-state index contributed by atoms with van der Waals surface area (Å²) in [5.41, 5.74) is 1.32. The van der Waals surface area contributed by atoms with Crippen molar-refractivity contribution in [1.29, 1.82) is 0 Å². The van der Waals surface area contributed by atoms with Gasteiger partial charge in [0.2, 0.25) is 5.91 Å². The summed E-state index contributed by atoms with van der Waals surface area (Å²) >= 11 is 5.51. The van der Waals surface area contributed by atoms with Gasteiger partial charge < -0.3 is 5.32 Å². The van der Waals surface area contributed by atoms with Crippen molar-refractivity contribution in [2.45, 2.75) is 31.2 Å². The highest BCUT2D eigenvalue weighted by Crippen LogP contribution is 2.34. The van der Waals surface area contributed by atoms with Gasteiger partial charge in [-0.15, -0.1) is 11.6 Å². The lowest BCUT2D eigenvalue weighted by Gasteiger charge is -2.20. The second-order valence-electron chi connectivity index (χ2n) is 4.26. The number of benzene rings is 1. The first-order valence-corrected chi connectivity index (χ1v) is 6.25. The third kappa shape index (κ3) is 2.56. The van der Waals surface area contributed by atoms with E-state index in [1.807, 2.05) is 18.2 Å². The SMILES string of the molecule is O=C(CCl)N[C@@H]1CCC[C@H]1c1ccccc1. The molecule has 3 heteroatoms. The van der Waals surface area contributed by atoms with E-state index in [0.29, 0.717) is 5.92 Å². The molecule has 1 aromatic rings. The molecule has 1 aliphatic carbocycles. The van der Waals surface area contributed by atoms with Crippen LogP contribution in [0.1, 0.15) is 30.7 Å². The molecule has 1 aromatic carbocycles. The average molecular weight is 238 g/mol. The minimum atomic E-state index is -0.0607. The summed E-state index contributed by atoms with van der Waals surface area (Å²) in [5.74, 6) is 0.445. The second kappa shape index (κ2) is 5.35. The Kier molecular flexibility index (Phi) is 3.83. The van der Waals surface area contributed by atoms with Crippen molar-refractivity contribution >= 4 is 17.5 Å². The molecule has 2 nitrogen and oxygen atoms in total. The van der Waals surface area contributed by atoms with Crippen molar-refractivity contribution < 1.29 is 4.79 Å². The summed E-state index contributed by atoms with van der Waals surface area (Å²) in [4.78, 5) is 11.3. The van der Waals surface area contributed by atoms with Gasteiger partial charge in [0.25, 0.3) is 0 Å². The van der Waals surface area contributed by atoms with E-state index in [2.05, 4.69) is 17.4 Å². The van der Waals surface area contributed by atoms with Crippen LogP contribution in [0.25, 0.3) is 0 Å². The zero-order valence-electron chi connectivity index (χ0n) is 9.16. The van der Waals surface area contributed by atoms with Gasteiger partial charge in [-0.05, 0) is 18.4 Å². The fourth-order valence-electron chi connectivity index (χ4n) is 2.48. The predicted molar refractivity (Wildman–Crippen MR) is 65.7 cm³/mol. The van der Waals surface area contributed by atoms with Gasteiger partial charge in [0, 0.05) is 12.0 Å². The molecule has 0 bridgehead atoms. The zero-order chi connectivity index (χ0) is 11.4. The Morgan fingerprint density at radius 3 is 2.75 bits per heavy atom. The summed E-state index contributed by atoms with van der Waals surface area (Å²) in [7, 11) is 0. The van der Waals surface area contributed by atoms with Gasteiger partial charge in [-0.25, -0.2) is 0 Å². The number of amides is 1. The molecule has 0 aliphatic heterocycles. The number of rotatable bonds is 3. The number of hydrogen-bond donors (Lipinski definition) is 1. The average Bonchev–Trinajstić information content (AvgIpc) is 2.78. The third-order valence-electron chi connectivity index (χ3n) is 3.21. The summed E-state index contributed by atoms with van der Waals surface area (Å²) in [5, 5.41) is 3.01. The summed E-state index contributed by atoms with van der Waals surface area (Å²) in [6.07, 6.45) is 3.38. The summed E-state index contributed by atoms with van der Waals surface area (Å²) in [6, 6.07) is 10.6. The monoisotopic (exact) mass is 237 g/mol. The molecule has 1 amide bonds. The first kappa shape index (κ1) is 11.5. The fraction of sp³-hybridized carbons (Fsp3) is 0.462. The molecule has 86 valence electrons. The van der Waals surface area contributed by atoms with Crippen molar-refractivity contribution in [3.8, 4) is 0 Å². The first-order chi connectivity index (χ1) is 7.81. The first-order valence-electron chi connectivity index (χ1n) is 5.71. The van der Waals surface area contributed by atoms with Crippen molar-refractivity contribution in [3.63, 3.8) is 0 Å². The van der Waals surface area contributed by atoms with Gasteiger partial charge in [-0.2, -0.15) is 0 Å². The third-order valence-corrected chi connectivity index (χ3v) is 3.45. The number of alkyl halides is 1. The van der Waals surface area contributed by atoms with Crippen molar-refractivity contribution in [1.82, 2.24) is 5.32 Å². The van der Waals surface area contributed by atoms with E-state index in [1.165, 1.54) is 12.0 Å². The maximum atomic E-state index is 11.3. The molecular formula is C13H16ClNO. The lowest BCUT2D eigenvalue weighted by molar-refractivity contribution is -0.119. The quantitative estimate of drug-likeness (QED) is 0.805. The molecule has 0 heterocycles. The molecule has 0 aromatic heterocycles. The lowest BCUT2D eigenvalue weighted by Crippen LogP contribution is -2.37. The fourth-order valence-corrected chi connectivity index (χ4v) is 2.55. The Morgan fingerprint density at radius 2 is 2.06 bits per heavy atom. The molecule has 16 heavy (non-hydrogen) atoms. The smallest absolute Gasteiger partial charge is 0.235 e. The standard InChI is InChI=1S/C13H16ClNO/c14-9-13(16)15-12-8-4-7-11(12)10-5-2-1-3-6-10/h1-3,5-6,11-12H,4,7-9H2,(H,15,16)/t11-,12+/m0/s1. The molecule has 1 aliphatic rings. The topological polar surface area (TPSA) is 29.1 Å². The summed E-state index contributed by atoms with van der Waals surface area (Å²) in [6.45, 7) is 0. The van der Waals surface area contributed by atoms with Gasteiger partial charge >= 0.3 is 0 Å². The Morgan fingerprint density at radius 1 is 1.31 bits per heavy atom. The highest BCUT2D eigenvalue weighted by atomic mass is 35.5. The largest absolute Gasteiger partial charge is 0.352 e. The van der Waals surface area contributed by atoms with Gasteiger partial charge in [-0.3, -0.25) is 4.79 Å². The zero-order valence-corrected chi connectivity index (χ0v) is 9.91. The molecule has 1 saturated carbocycles. The van der Waals surface area contributed by atoms with Crippen LogP contribution in [0.2, 0.25) is 0 Å². The van der Waals surface area contributed by atoms with Crippen LogP contribution in [0, 0.1) is 0 Å². The normalized spacial score (nSPS) is 24.3. The molecule has 0 saturated heterocycles. The Labute approximate surface area is 101 Å². The van der Waals surface area contributed by atoms with Gasteiger partial charge in [-0.1, -0.05) is 36.8 Å². The summed E-state index contributed by atoms with van der Waals surface area (Å²) < 4.78 is 0. The molecule has 2 atom stereocenters. The van der Waals surface area contributed by atoms with E-state index in [0.717, 1.165) is 12.8 Å². The lowest BCUT2D eigenvalue weighted by atomic mass is 9.94. The van der Waals surface area contributed by atoms with E-state index < -0.39 is 0 Å². The Balaban J connectivity index is 2.06. The molecule has 0 unspecified atom stereocenters. The van der Waals surface area contributed by atoms with Crippen molar-refractivity contribution in [3.05, 3.63) is 35.9 Å². The van der Waals surface area contributed by atoms with Crippen LogP contribution >= 0.6 is 11.6 Å². The number of carbonyl (C=O) groups excluding carboxylic acids is 1. The van der Waals surface area contributed by atoms with Crippen LogP contribution in [0.3, 0.4) is 0 Å². The van der Waals surface area contributed by atoms with E-state index in [-0.39, 0.29) is 17.8 Å². The van der Waals surface area contributed by atoms with Crippen molar-refractivity contribution in [2.75, 3.05) is 5.88 Å². The van der Waals surface area contributed by atoms with Crippen LogP contribution in [0.5, 0.6) is 0 Å². The molecule has 0 radical (unpaired) electrons. The molecule has 2 rings (SSSR count). The molecule has 1 fully saturated rings. The number of nitrogens with one attached hydrogen (secondary N) is 1. The van der Waals surface area contributed by atoms with Gasteiger partial charge in [0.15, 0.2) is 0 Å². The predicted octanol–water partition coefficient (Wildman–Crippen LogP) is 2.68.